The van der Waals surface area contributed by atoms with E-state index in [0.29, 0.717) is 22.7 Å². The number of ether oxygens (including phenoxy) is 5. The van der Waals surface area contributed by atoms with Gasteiger partial charge in [0, 0.05) is 18.9 Å². The van der Waals surface area contributed by atoms with Crippen LogP contribution >= 0.6 is 0 Å². The molecule has 0 atom stereocenters. The summed E-state index contributed by atoms with van der Waals surface area (Å²) in [6, 6.07) is 8.77. The average Bonchev–Trinajstić information content (AvgIpc) is 3.11. The van der Waals surface area contributed by atoms with Crippen LogP contribution in [-0.4, -0.2) is 50.0 Å². The Bertz CT molecular complexity index is 880. The molecule has 0 aliphatic heterocycles. The lowest BCUT2D eigenvalue weighted by Gasteiger charge is -2.32. The standard InChI is InChI=1S/C23H31NO7/c1-7-28-21(25)20-16(5)15-19(24(20)17-11-13-18(27-6)14-12-17)23(30-9-3,31-10-4)22(26)29-8-2/h11-15H,7-10H2,1-6H3. The van der Waals surface area contributed by atoms with E-state index in [1.54, 1.807) is 76.6 Å². The minimum atomic E-state index is -1.85. The molecule has 8 nitrogen and oxygen atoms in total. The molecule has 0 saturated carbocycles. The van der Waals surface area contributed by atoms with Gasteiger partial charge in [0.2, 0.25) is 0 Å². The summed E-state index contributed by atoms with van der Waals surface area (Å²) in [5, 5.41) is 0. The zero-order valence-electron chi connectivity index (χ0n) is 19.0. The lowest BCUT2D eigenvalue weighted by molar-refractivity contribution is -0.254. The second-order valence-electron chi connectivity index (χ2n) is 6.52. The van der Waals surface area contributed by atoms with Crippen molar-refractivity contribution in [3.63, 3.8) is 0 Å². The Morgan fingerprint density at radius 1 is 0.903 bits per heavy atom. The SMILES string of the molecule is CCOC(=O)c1c(C)cc(C(OCC)(OCC)C(=O)OCC)n1-c1ccc(OC)cc1. The van der Waals surface area contributed by atoms with Crippen LogP contribution in [0.4, 0.5) is 0 Å². The summed E-state index contributed by atoms with van der Waals surface area (Å²) >= 11 is 0. The topological polar surface area (TPSA) is 85.2 Å². The number of benzene rings is 1. The van der Waals surface area contributed by atoms with Gasteiger partial charge >= 0.3 is 17.7 Å². The lowest BCUT2D eigenvalue weighted by atomic mass is 10.1. The molecular weight excluding hydrogens is 402 g/mol. The van der Waals surface area contributed by atoms with E-state index >= 15 is 0 Å². The first kappa shape index (κ1) is 24.4. The number of nitrogens with zero attached hydrogens (tertiary/aromatic N) is 1. The van der Waals surface area contributed by atoms with Gasteiger partial charge in [-0.1, -0.05) is 0 Å². The Morgan fingerprint density at radius 2 is 1.48 bits per heavy atom. The summed E-state index contributed by atoms with van der Waals surface area (Å²) in [5.74, 6) is -2.41. The van der Waals surface area contributed by atoms with Crippen LogP contribution in [0.2, 0.25) is 0 Å². The highest BCUT2D eigenvalue weighted by Crippen LogP contribution is 2.36. The monoisotopic (exact) mass is 433 g/mol. The lowest BCUT2D eigenvalue weighted by Crippen LogP contribution is -2.45. The van der Waals surface area contributed by atoms with E-state index in [9.17, 15) is 9.59 Å². The number of rotatable bonds is 11. The van der Waals surface area contributed by atoms with E-state index in [0.717, 1.165) is 0 Å². The Hall–Kier alpha value is -2.84. The highest BCUT2D eigenvalue weighted by atomic mass is 16.7. The van der Waals surface area contributed by atoms with E-state index in [1.807, 2.05) is 0 Å². The van der Waals surface area contributed by atoms with Gasteiger partial charge in [0.15, 0.2) is 0 Å². The Balaban J connectivity index is 2.86. The molecule has 0 unspecified atom stereocenters. The number of hydrogen-bond acceptors (Lipinski definition) is 7. The second-order valence-corrected chi connectivity index (χ2v) is 6.52. The number of carbonyl (C=O) groups is 2. The van der Waals surface area contributed by atoms with Crippen LogP contribution in [0.15, 0.2) is 30.3 Å². The maximum absolute atomic E-state index is 13.1. The van der Waals surface area contributed by atoms with Crippen molar-refractivity contribution < 1.29 is 33.3 Å². The molecule has 1 aromatic heterocycles. The van der Waals surface area contributed by atoms with Crippen molar-refractivity contribution in [1.29, 1.82) is 0 Å². The zero-order valence-corrected chi connectivity index (χ0v) is 19.0. The normalized spacial score (nSPS) is 11.3. The number of aromatic nitrogens is 1. The number of aryl methyl sites for hydroxylation is 1. The number of esters is 2. The van der Waals surface area contributed by atoms with E-state index < -0.39 is 17.7 Å². The Kier molecular flexibility index (Phi) is 8.65. The molecule has 0 N–H and O–H groups in total. The fourth-order valence-corrected chi connectivity index (χ4v) is 3.37. The highest BCUT2D eigenvalue weighted by Gasteiger charge is 2.48. The van der Waals surface area contributed by atoms with Gasteiger partial charge in [0.1, 0.15) is 11.4 Å². The molecule has 0 amide bonds. The molecule has 1 heterocycles. The molecule has 0 fully saturated rings. The van der Waals surface area contributed by atoms with E-state index in [2.05, 4.69) is 0 Å². The van der Waals surface area contributed by atoms with Crippen LogP contribution in [0.25, 0.3) is 5.69 Å². The predicted molar refractivity (Wildman–Crippen MR) is 115 cm³/mol. The highest BCUT2D eigenvalue weighted by molar-refractivity contribution is 5.91. The van der Waals surface area contributed by atoms with Gasteiger partial charge in [-0.05, 0) is 70.5 Å². The number of hydrogen-bond donors (Lipinski definition) is 0. The molecule has 0 aliphatic rings. The van der Waals surface area contributed by atoms with Crippen LogP contribution < -0.4 is 4.74 Å². The number of methoxy groups -OCH3 is 1. The summed E-state index contributed by atoms with van der Waals surface area (Å²) in [7, 11) is 1.57. The predicted octanol–water partition coefficient (Wildman–Crippen LogP) is 3.76. The molecular formula is C23H31NO7. The molecule has 0 spiro atoms. The fourth-order valence-electron chi connectivity index (χ4n) is 3.37. The van der Waals surface area contributed by atoms with E-state index in [1.165, 1.54) is 0 Å². The van der Waals surface area contributed by atoms with Crippen molar-refractivity contribution in [3.8, 4) is 11.4 Å². The third-order valence-corrected chi connectivity index (χ3v) is 4.57. The van der Waals surface area contributed by atoms with Crippen LogP contribution in [-0.2, 0) is 29.5 Å². The van der Waals surface area contributed by atoms with Crippen molar-refractivity contribution in [1.82, 2.24) is 4.57 Å². The van der Waals surface area contributed by atoms with Crippen LogP contribution in [0, 0.1) is 6.92 Å². The van der Waals surface area contributed by atoms with Crippen molar-refractivity contribution in [2.75, 3.05) is 33.5 Å². The van der Waals surface area contributed by atoms with Gasteiger partial charge in [-0.25, -0.2) is 9.59 Å². The maximum Gasteiger partial charge on any atom is 0.373 e. The summed E-state index contributed by atoms with van der Waals surface area (Å²) in [5.41, 5.74) is 1.81. The smallest absolute Gasteiger partial charge is 0.373 e. The van der Waals surface area contributed by atoms with Gasteiger partial charge in [-0.3, -0.25) is 0 Å². The van der Waals surface area contributed by atoms with Gasteiger partial charge in [-0.2, -0.15) is 0 Å². The molecule has 2 aromatic rings. The van der Waals surface area contributed by atoms with Crippen LogP contribution in [0.5, 0.6) is 5.75 Å². The minimum Gasteiger partial charge on any atom is -0.497 e. The van der Waals surface area contributed by atoms with Crippen LogP contribution in [0.3, 0.4) is 0 Å². The summed E-state index contributed by atoms with van der Waals surface area (Å²) in [6.45, 7) is 9.44. The molecule has 170 valence electrons. The first-order chi connectivity index (χ1) is 14.9. The van der Waals surface area contributed by atoms with E-state index in [4.69, 9.17) is 23.7 Å². The zero-order chi connectivity index (χ0) is 23.0. The average molecular weight is 434 g/mol. The van der Waals surface area contributed by atoms with Gasteiger partial charge < -0.3 is 28.3 Å². The molecule has 31 heavy (non-hydrogen) atoms. The molecule has 8 heteroatoms. The summed E-state index contributed by atoms with van der Waals surface area (Å²) in [4.78, 5) is 26.0. The quantitative estimate of drug-likeness (QED) is 0.394. The summed E-state index contributed by atoms with van der Waals surface area (Å²) < 4.78 is 29.2. The largest absolute Gasteiger partial charge is 0.497 e. The summed E-state index contributed by atoms with van der Waals surface area (Å²) in [6.07, 6.45) is 0. The Labute approximate surface area is 183 Å². The van der Waals surface area contributed by atoms with Crippen molar-refractivity contribution in [2.24, 2.45) is 0 Å². The minimum absolute atomic E-state index is 0.147. The van der Waals surface area contributed by atoms with Crippen LogP contribution in [0.1, 0.15) is 49.4 Å². The Morgan fingerprint density at radius 3 is 1.97 bits per heavy atom. The molecule has 0 bridgehead atoms. The maximum atomic E-state index is 13.1. The third kappa shape index (κ3) is 4.91. The molecule has 0 aliphatic carbocycles. The fraction of sp³-hybridized carbons (Fsp3) is 0.478. The van der Waals surface area contributed by atoms with Crippen molar-refractivity contribution in [3.05, 3.63) is 47.3 Å². The first-order valence-corrected chi connectivity index (χ1v) is 10.4. The van der Waals surface area contributed by atoms with Gasteiger partial charge in [-0.15, -0.1) is 0 Å². The molecule has 0 radical (unpaired) electrons. The number of carbonyl (C=O) groups excluding carboxylic acids is 2. The molecule has 1 aromatic carbocycles. The first-order valence-electron chi connectivity index (χ1n) is 10.4. The van der Waals surface area contributed by atoms with Crippen molar-refractivity contribution in [2.45, 2.75) is 40.4 Å². The van der Waals surface area contributed by atoms with E-state index in [-0.39, 0.29) is 32.1 Å². The molecule has 0 saturated heterocycles. The molecule has 2 rings (SSSR count). The second kappa shape index (κ2) is 11.0. The van der Waals surface area contributed by atoms with Crippen molar-refractivity contribution >= 4 is 11.9 Å². The van der Waals surface area contributed by atoms with Gasteiger partial charge in [0.05, 0.1) is 26.0 Å². The van der Waals surface area contributed by atoms with Gasteiger partial charge in [0.25, 0.3) is 0 Å². The third-order valence-electron chi connectivity index (χ3n) is 4.57.